The van der Waals surface area contributed by atoms with E-state index in [9.17, 15) is 0 Å². The van der Waals surface area contributed by atoms with Crippen molar-refractivity contribution in [1.29, 1.82) is 10.5 Å². The quantitative estimate of drug-likeness (QED) is 0.869. The number of benzene rings is 2. The number of aliphatic hydroxyl groups excluding tert-OH is 1. The molecule has 0 aliphatic rings. The van der Waals surface area contributed by atoms with E-state index in [0.29, 0.717) is 17.7 Å². The molecule has 0 fully saturated rings. The number of aliphatic imine (C=N–C) groups is 1. The van der Waals surface area contributed by atoms with E-state index in [4.69, 9.17) is 15.6 Å². The molecule has 4 nitrogen and oxygen atoms in total. The summed E-state index contributed by atoms with van der Waals surface area (Å²) < 4.78 is 0. The molecule has 1 N–H and O–H groups in total. The first-order valence-electron chi connectivity index (χ1n) is 6.45. The Morgan fingerprint density at radius 1 is 0.857 bits per heavy atom. The highest BCUT2D eigenvalue weighted by molar-refractivity contribution is 6.13. The molecule has 102 valence electrons. The second kappa shape index (κ2) is 7.00. The van der Waals surface area contributed by atoms with Crippen molar-refractivity contribution in [3.8, 4) is 12.1 Å². The molecule has 0 saturated heterocycles. The van der Waals surface area contributed by atoms with Gasteiger partial charge in [-0.3, -0.25) is 4.99 Å². The highest BCUT2D eigenvalue weighted by atomic mass is 16.3. The van der Waals surface area contributed by atoms with E-state index >= 15 is 0 Å². The van der Waals surface area contributed by atoms with Crippen LogP contribution in [0.2, 0.25) is 0 Å². The highest BCUT2D eigenvalue weighted by Gasteiger charge is 2.07. The van der Waals surface area contributed by atoms with Crippen LogP contribution in [0.25, 0.3) is 0 Å². The first kappa shape index (κ1) is 14.5. The molecule has 21 heavy (non-hydrogen) atoms. The Kier molecular flexibility index (Phi) is 4.82. The van der Waals surface area contributed by atoms with Gasteiger partial charge in [-0.15, -0.1) is 0 Å². The molecule has 0 aliphatic heterocycles. The van der Waals surface area contributed by atoms with Crippen molar-refractivity contribution in [3.63, 3.8) is 0 Å². The minimum Gasteiger partial charge on any atom is -0.394 e. The molecule has 2 aromatic rings. The van der Waals surface area contributed by atoms with Gasteiger partial charge in [-0.05, 0) is 24.3 Å². The van der Waals surface area contributed by atoms with Crippen LogP contribution in [0.15, 0.2) is 53.5 Å². The van der Waals surface area contributed by atoms with Crippen LogP contribution in [-0.2, 0) is 0 Å². The van der Waals surface area contributed by atoms with Crippen molar-refractivity contribution in [3.05, 3.63) is 70.8 Å². The normalized spacial score (nSPS) is 9.48. The minimum absolute atomic E-state index is 0.0317. The van der Waals surface area contributed by atoms with Crippen molar-refractivity contribution in [2.24, 2.45) is 4.99 Å². The molecule has 0 aliphatic carbocycles. The maximum absolute atomic E-state index is 8.98. The Bertz CT molecular complexity index is 657. The first-order chi connectivity index (χ1) is 10.3. The molecule has 0 heterocycles. The van der Waals surface area contributed by atoms with Crippen LogP contribution in [-0.4, -0.2) is 24.0 Å². The number of hydrogen-bond donors (Lipinski definition) is 1. The van der Waals surface area contributed by atoms with E-state index < -0.39 is 0 Å². The Balaban J connectivity index is 2.42. The third-order valence-electron chi connectivity index (χ3n) is 2.94. The predicted molar refractivity (Wildman–Crippen MR) is 79.9 cm³/mol. The topological polar surface area (TPSA) is 80.2 Å². The molecular formula is C17H13N3O. The van der Waals surface area contributed by atoms with Gasteiger partial charge in [0.05, 0.1) is 42.1 Å². The van der Waals surface area contributed by atoms with Crippen molar-refractivity contribution < 1.29 is 5.11 Å². The van der Waals surface area contributed by atoms with Crippen LogP contribution < -0.4 is 0 Å². The second-order valence-electron chi connectivity index (χ2n) is 4.33. The molecule has 4 heteroatoms. The average molecular weight is 275 g/mol. The Labute approximate surface area is 123 Å². The van der Waals surface area contributed by atoms with E-state index in [-0.39, 0.29) is 6.61 Å². The summed E-state index contributed by atoms with van der Waals surface area (Å²) in [5.74, 6) is 0. The molecule has 0 spiro atoms. The van der Waals surface area contributed by atoms with Gasteiger partial charge in [-0.2, -0.15) is 10.5 Å². The van der Waals surface area contributed by atoms with E-state index in [1.54, 1.807) is 24.3 Å². The van der Waals surface area contributed by atoms with Crippen LogP contribution in [0.1, 0.15) is 22.3 Å². The Morgan fingerprint density at radius 3 is 1.62 bits per heavy atom. The van der Waals surface area contributed by atoms with Crippen molar-refractivity contribution in [2.75, 3.05) is 13.2 Å². The summed E-state index contributed by atoms with van der Waals surface area (Å²) in [4.78, 5) is 4.39. The molecule has 0 saturated carbocycles. The van der Waals surface area contributed by atoms with Gasteiger partial charge in [0.2, 0.25) is 0 Å². The first-order valence-corrected chi connectivity index (χ1v) is 6.45. The van der Waals surface area contributed by atoms with Gasteiger partial charge in [0, 0.05) is 11.1 Å². The maximum Gasteiger partial charge on any atom is 0.0991 e. The number of hydrogen-bond acceptors (Lipinski definition) is 4. The minimum atomic E-state index is -0.0317. The maximum atomic E-state index is 8.98. The summed E-state index contributed by atoms with van der Waals surface area (Å²) in [5, 5.41) is 26.7. The zero-order valence-corrected chi connectivity index (χ0v) is 11.3. The fraction of sp³-hybridized carbons (Fsp3) is 0.118. The smallest absolute Gasteiger partial charge is 0.0991 e. The lowest BCUT2D eigenvalue weighted by Crippen LogP contribution is -2.06. The number of nitriles is 2. The molecule has 0 unspecified atom stereocenters. The monoisotopic (exact) mass is 275 g/mol. The van der Waals surface area contributed by atoms with E-state index in [1.165, 1.54) is 0 Å². The van der Waals surface area contributed by atoms with Gasteiger partial charge in [-0.1, -0.05) is 24.3 Å². The molecule has 0 atom stereocenters. The van der Waals surface area contributed by atoms with Gasteiger partial charge in [0.15, 0.2) is 0 Å². The fourth-order valence-corrected chi connectivity index (χ4v) is 1.92. The van der Waals surface area contributed by atoms with Crippen LogP contribution in [0.3, 0.4) is 0 Å². The van der Waals surface area contributed by atoms with Gasteiger partial charge >= 0.3 is 0 Å². The SMILES string of the molecule is N#Cc1ccc(C(=NCCO)c2ccc(C#N)cc2)cc1. The second-order valence-corrected chi connectivity index (χ2v) is 4.33. The lowest BCUT2D eigenvalue weighted by atomic mass is 10.00. The van der Waals surface area contributed by atoms with Crippen LogP contribution in [0, 0.1) is 22.7 Å². The summed E-state index contributed by atoms with van der Waals surface area (Å²) in [5.41, 5.74) is 3.64. The van der Waals surface area contributed by atoms with Gasteiger partial charge in [0.25, 0.3) is 0 Å². The van der Waals surface area contributed by atoms with E-state index in [1.807, 2.05) is 24.3 Å². The van der Waals surface area contributed by atoms with Gasteiger partial charge < -0.3 is 5.11 Å². The fourth-order valence-electron chi connectivity index (χ4n) is 1.92. The molecule has 0 aromatic heterocycles. The van der Waals surface area contributed by atoms with E-state index in [2.05, 4.69) is 17.1 Å². The lowest BCUT2D eigenvalue weighted by Gasteiger charge is -2.08. The lowest BCUT2D eigenvalue weighted by molar-refractivity contribution is 0.307. The number of nitrogens with zero attached hydrogens (tertiary/aromatic N) is 3. The predicted octanol–water partition coefficient (Wildman–Crippen LogP) is 2.26. The van der Waals surface area contributed by atoms with Crippen molar-refractivity contribution in [1.82, 2.24) is 0 Å². The summed E-state index contributed by atoms with van der Waals surface area (Å²) in [6, 6.07) is 18.4. The summed E-state index contributed by atoms with van der Waals surface area (Å²) in [7, 11) is 0. The zero-order chi connectivity index (χ0) is 15.1. The van der Waals surface area contributed by atoms with E-state index in [0.717, 1.165) is 16.8 Å². The van der Waals surface area contributed by atoms with Crippen LogP contribution >= 0.6 is 0 Å². The molecule has 2 aromatic carbocycles. The Morgan fingerprint density at radius 2 is 1.29 bits per heavy atom. The molecule has 0 radical (unpaired) electrons. The number of rotatable bonds is 4. The van der Waals surface area contributed by atoms with Crippen LogP contribution in [0.4, 0.5) is 0 Å². The Hall–Kier alpha value is -2.95. The molecule has 2 rings (SSSR count). The average Bonchev–Trinajstić information content (AvgIpc) is 2.56. The molecule has 0 bridgehead atoms. The summed E-state index contributed by atoms with van der Waals surface area (Å²) in [6.07, 6.45) is 0. The third-order valence-corrected chi connectivity index (χ3v) is 2.94. The van der Waals surface area contributed by atoms with Gasteiger partial charge in [0.1, 0.15) is 0 Å². The third kappa shape index (κ3) is 3.54. The van der Waals surface area contributed by atoms with Crippen LogP contribution in [0.5, 0.6) is 0 Å². The largest absolute Gasteiger partial charge is 0.394 e. The van der Waals surface area contributed by atoms with Crippen molar-refractivity contribution in [2.45, 2.75) is 0 Å². The number of aliphatic hydroxyl groups is 1. The summed E-state index contributed by atoms with van der Waals surface area (Å²) in [6.45, 7) is 0.269. The summed E-state index contributed by atoms with van der Waals surface area (Å²) >= 11 is 0. The zero-order valence-electron chi connectivity index (χ0n) is 11.3. The molecule has 0 amide bonds. The van der Waals surface area contributed by atoms with Gasteiger partial charge in [-0.25, -0.2) is 0 Å². The molecular weight excluding hydrogens is 262 g/mol. The highest BCUT2D eigenvalue weighted by Crippen LogP contribution is 2.13. The standard InChI is InChI=1S/C17H13N3O/c18-11-13-1-5-15(6-2-13)17(20-9-10-21)16-7-3-14(12-19)4-8-16/h1-8,21H,9-10H2. The van der Waals surface area contributed by atoms with Crippen molar-refractivity contribution >= 4 is 5.71 Å².